The van der Waals surface area contributed by atoms with Crippen LogP contribution in [-0.2, 0) is 0 Å². The summed E-state index contributed by atoms with van der Waals surface area (Å²) >= 11 is 0. The summed E-state index contributed by atoms with van der Waals surface area (Å²) in [6.45, 7) is 9.01. The molecule has 0 radical (unpaired) electrons. The lowest BCUT2D eigenvalue weighted by Crippen LogP contribution is -2.46. The van der Waals surface area contributed by atoms with E-state index in [4.69, 9.17) is 0 Å². The van der Waals surface area contributed by atoms with Crippen LogP contribution >= 0.6 is 0 Å². The molecule has 116 valence electrons. The fourth-order valence-electron chi connectivity index (χ4n) is 3.28. The molecule has 1 aromatic rings. The van der Waals surface area contributed by atoms with Crippen LogP contribution in [0.4, 0.5) is 14.5 Å². The summed E-state index contributed by atoms with van der Waals surface area (Å²) in [4.78, 5) is 4.73. The number of rotatable bonds is 4. The molecule has 0 amide bonds. The molecule has 21 heavy (non-hydrogen) atoms. The van der Waals surface area contributed by atoms with Crippen molar-refractivity contribution in [3.63, 3.8) is 0 Å². The first-order valence-electron chi connectivity index (χ1n) is 7.87. The average Bonchev–Trinajstić information content (AvgIpc) is 3.03. The Kier molecular flexibility index (Phi) is 3.91. The standard InChI is InChI=1S/C17H24F2N2/c1-13-9-14(2)11-16(10-13)21-7-5-20(6-8-21)4-3-15-12-17(15,18)19/h9-11,15H,3-8,12H2,1-2H3/t15-/m0/s1. The van der Waals surface area contributed by atoms with E-state index in [1.54, 1.807) is 0 Å². The Bertz CT molecular complexity index is 487. The smallest absolute Gasteiger partial charge is 0.251 e. The van der Waals surface area contributed by atoms with E-state index in [9.17, 15) is 8.78 Å². The van der Waals surface area contributed by atoms with Crippen LogP contribution in [0.1, 0.15) is 24.0 Å². The molecule has 1 aromatic carbocycles. The maximum absolute atomic E-state index is 12.9. The molecule has 4 heteroatoms. The minimum Gasteiger partial charge on any atom is -0.369 e. The van der Waals surface area contributed by atoms with E-state index in [-0.39, 0.29) is 12.3 Å². The monoisotopic (exact) mass is 294 g/mol. The quantitative estimate of drug-likeness (QED) is 0.839. The Hall–Kier alpha value is -1.16. The van der Waals surface area contributed by atoms with Crippen molar-refractivity contribution >= 4 is 5.69 Å². The zero-order valence-corrected chi connectivity index (χ0v) is 12.9. The summed E-state index contributed by atoms with van der Waals surface area (Å²) in [7, 11) is 0. The molecule has 1 heterocycles. The number of hydrogen-bond acceptors (Lipinski definition) is 2. The molecule has 3 rings (SSSR count). The van der Waals surface area contributed by atoms with Crippen molar-refractivity contribution < 1.29 is 8.78 Å². The fraction of sp³-hybridized carbons (Fsp3) is 0.647. The van der Waals surface area contributed by atoms with Crippen LogP contribution in [0.3, 0.4) is 0 Å². The highest BCUT2D eigenvalue weighted by molar-refractivity contribution is 5.51. The minimum absolute atomic E-state index is 0.107. The predicted molar refractivity (Wildman–Crippen MR) is 82.2 cm³/mol. The summed E-state index contributed by atoms with van der Waals surface area (Å²) in [5, 5.41) is 0. The third kappa shape index (κ3) is 3.54. The first-order chi connectivity index (χ1) is 9.94. The normalized spacial score (nSPS) is 25.1. The Labute approximate surface area is 125 Å². The van der Waals surface area contributed by atoms with E-state index in [0.29, 0.717) is 6.42 Å². The molecule has 1 aliphatic heterocycles. The van der Waals surface area contributed by atoms with Gasteiger partial charge in [-0.3, -0.25) is 4.90 Å². The van der Waals surface area contributed by atoms with E-state index < -0.39 is 5.92 Å². The fourth-order valence-corrected chi connectivity index (χ4v) is 3.28. The predicted octanol–water partition coefficient (Wildman–Crippen LogP) is 3.47. The van der Waals surface area contributed by atoms with Gasteiger partial charge in [-0.2, -0.15) is 0 Å². The van der Waals surface area contributed by atoms with E-state index in [1.165, 1.54) is 16.8 Å². The number of anilines is 1. The van der Waals surface area contributed by atoms with Gasteiger partial charge in [0, 0.05) is 44.2 Å². The number of alkyl halides is 2. The van der Waals surface area contributed by atoms with Crippen LogP contribution < -0.4 is 4.90 Å². The van der Waals surface area contributed by atoms with Crippen LogP contribution in [0.5, 0.6) is 0 Å². The Morgan fingerprint density at radius 1 is 1.05 bits per heavy atom. The lowest BCUT2D eigenvalue weighted by molar-refractivity contribution is 0.0933. The van der Waals surface area contributed by atoms with E-state index in [0.717, 1.165) is 32.7 Å². The maximum atomic E-state index is 12.9. The minimum atomic E-state index is -2.36. The number of benzene rings is 1. The van der Waals surface area contributed by atoms with Gasteiger partial charge in [0.15, 0.2) is 0 Å². The largest absolute Gasteiger partial charge is 0.369 e. The summed E-state index contributed by atoms with van der Waals surface area (Å²) in [6, 6.07) is 6.65. The van der Waals surface area contributed by atoms with Crippen molar-refractivity contribution in [2.45, 2.75) is 32.6 Å². The van der Waals surface area contributed by atoms with Crippen molar-refractivity contribution in [1.82, 2.24) is 4.90 Å². The maximum Gasteiger partial charge on any atom is 0.251 e. The van der Waals surface area contributed by atoms with Gasteiger partial charge in [0.1, 0.15) is 0 Å². The first kappa shape index (κ1) is 14.8. The lowest BCUT2D eigenvalue weighted by Gasteiger charge is -2.36. The van der Waals surface area contributed by atoms with Gasteiger partial charge in [0.2, 0.25) is 0 Å². The second-order valence-electron chi connectivity index (χ2n) is 6.63. The number of aryl methyl sites for hydroxylation is 2. The van der Waals surface area contributed by atoms with Crippen molar-refractivity contribution in [1.29, 1.82) is 0 Å². The van der Waals surface area contributed by atoms with Gasteiger partial charge >= 0.3 is 0 Å². The van der Waals surface area contributed by atoms with Crippen LogP contribution in [-0.4, -0.2) is 43.5 Å². The van der Waals surface area contributed by atoms with Gasteiger partial charge in [-0.25, -0.2) is 8.78 Å². The lowest BCUT2D eigenvalue weighted by atomic mass is 10.1. The Balaban J connectivity index is 1.48. The molecule has 0 unspecified atom stereocenters. The molecule has 1 saturated heterocycles. The van der Waals surface area contributed by atoms with Gasteiger partial charge in [0.05, 0.1) is 0 Å². The van der Waals surface area contributed by atoms with Crippen molar-refractivity contribution in [3.05, 3.63) is 29.3 Å². The first-order valence-corrected chi connectivity index (χ1v) is 7.87. The van der Waals surface area contributed by atoms with Gasteiger partial charge in [-0.1, -0.05) is 6.07 Å². The van der Waals surface area contributed by atoms with Crippen molar-refractivity contribution in [2.24, 2.45) is 5.92 Å². The Morgan fingerprint density at radius 3 is 2.14 bits per heavy atom. The molecule has 0 bridgehead atoms. The third-order valence-corrected chi connectivity index (χ3v) is 4.69. The molecule has 2 fully saturated rings. The van der Waals surface area contributed by atoms with Crippen molar-refractivity contribution in [2.75, 3.05) is 37.6 Å². The van der Waals surface area contributed by atoms with Gasteiger partial charge < -0.3 is 4.90 Å². The molecule has 1 aliphatic carbocycles. The highest BCUT2D eigenvalue weighted by atomic mass is 19.3. The van der Waals surface area contributed by atoms with Crippen LogP contribution in [0.2, 0.25) is 0 Å². The van der Waals surface area contributed by atoms with Crippen molar-refractivity contribution in [3.8, 4) is 0 Å². The van der Waals surface area contributed by atoms with Crippen LogP contribution in [0, 0.1) is 19.8 Å². The van der Waals surface area contributed by atoms with Crippen LogP contribution in [0.25, 0.3) is 0 Å². The molecule has 1 saturated carbocycles. The SMILES string of the molecule is Cc1cc(C)cc(N2CCN(CC[C@H]3CC3(F)F)CC2)c1. The molecule has 0 N–H and O–H groups in total. The molecular weight excluding hydrogens is 270 g/mol. The molecule has 2 nitrogen and oxygen atoms in total. The Morgan fingerprint density at radius 2 is 1.62 bits per heavy atom. The summed E-state index contributed by atoms with van der Waals surface area (Å²) in [5.74, 6) is -2.71. The third-order valence-electron chi connectivity index (χ3n) is 4.69. The summed E-state index contributed by atoms with van der Waals surface area (Å²) in [5.41, 5.74) is 3.88. The van der Waals surface area contributed by atoms with Crippen LogP contribution in [0.15, 0.2) is 18.2 Å². The number of hydrogen-bond donors (Lipinski definition) is 0. The second kappa shape index (κ2) is 5.56. The van der Waals surface area contributed by atoms with E-state index >= 15 is 0 Å². The molecular formula is C17H24F2N2. The second-order valence-corrected chi connectivity index (χ2v) is 6.63. The number of halogens is 2. The highest BCUT2D eigenvalue weighted by Gasteiger charge is 2.56. The topological polar surface area (TPSA) is 6.48 Å². The van der Waals surface area contributed by atoms with Gasteiger partial charge in [-0.05, 0) is 50.1 Å². The zero-order valence-electron chi connectivity index (χ0n) is 12.9. The zero-order chi connectivity index (χ0) is 15.0. The molecule has 0 spiro atoms. The molecule has 2 aliphatic rings. The average molecular weight is 294 g/mol. The van der Waals surface area contributed by atoms with Gasteiger partial charge in [-0.15, -0.1) is 0 Å². The van der Waals surface area contributed by atoms with Gasteiger partial charge in [0.25, 0.3) is 5.92 Å². The van der Waals surface area contributed by atoms with E-state index in [1.807, 2.05) is 0 Å². The molecule has 0 aromatic heterocycles. The highest BCUT2D eigenvalue weighted by Crippen LogP contribution is 2.50. The summed E-state index contributed by atoms with van der Waals surface area (Å²) < 4.78 is 25.8. The number of piperazine rings is 1. The number of nitrogens with zero attached hydrogens (tertiary/aromatic N) is 2. The van der Waals surface area contributed by atoms with E-state index in [2.05, 4.69) is 41.8 Å². The summed E-state index contributed by atoms with van der Waals surface area (Å²) in [6.07, 6.45) is 0.756. The molecule has 1 atom stereocenters.